The first-order valence-corrected chi connectivity index (χ1v) is 9.19. The van der Waals surface area contributed by atoms with Crippen molar-refractivity contribution in [1.29, 1.82) is 0 Å². The third-order valence-electron chi connectivity index (χ3n) is 5.09. The first kappa shape index (κ1) is 18.3. The van der Waals surface area contributed by atoms with E-state index in [0.29, 0.717) is 17.8 Å². The van der Waals surface area contributed by atoms with Gasteiger partial charge in [-0.3, -0.25) is 4.79 Å². The lowest BCUT2D eigenvalue weighted by molar-refractivity contribution is -0.132. The molecule has 0 aromatic heterocycles. The quantitative estimate of drug-likeness (QED) is 0.878. The van der Waals surface area contributed by atoms with Crippen molar-refractivity contribution >= 4 is 5.91 Å². The van der Waals surface area contributed by atoms with E-state index in [9.17, 15) is 9.90 Å². The predicted molar refractivity (Wildman–Crippen MR) is 102 cm³/mol. The van der Waals surface area contributed by atoms with Crippen molar-refractivity contribution in [2.75, 3.05) is 13.1 Å². The molecule has 1 aliphatic heterocycles. The Morgan fingerprint density at radius 1 is 1.12 bits per heavy atom. The molecule has 1 aliphatic rings. The maximum Gasteiger partial charge on any atom is 0.227 e. The zero-order chi connectivity index (χ0) is 18.6. The summed E-state index contributed by atoms with van der Waals surface area (Å²) in [7, 11) is 0. The number of benzene rings is 2. The molecule has 1 N–H and O–H groups in total. The molecule has 4 heteroatoms. The molecular weight excluding hydrogens is 326 g/mol. The van der Waals surface area contributed by atoms with E-state index < -0.39 is 0 Å². The van der Waals surface area contributed by atoms with Crippen LogP contribution in [-0.2, 0) is 17.8 Å². The molecule has 0 atom stereocenters. The maximum absolute atomic E-state index is 12.7. The summed E-state index contributed by atoms with van der Waals surface area (Å²) in [6.07, 6.45) is 2.30. The molecule has 0 bridgehead atoms. The largest absolute Gasteiger partial charge is 0.508 e. The summed E-state index contributed by atoms with van der Waals surface area (Å²) in [5, 5.41) is 9.83. The van der Waals surface area contributed by atoms with E-state index in [2.05, 4.69) is 13.8 Å². The number of nitrogens with zero attached hydrogens (tertiary/aromatic N) is 1. The Balaban J connectivity index is 1.67. The summed E-state index contributed by atoms with van der Waals surface area (Å²) in [6, 6.07) is 14.9. The monoisotopic (exact) mass is 353 g/mol. The van der Waals surface area contributed by atoms with E-state index in [1.165, 1.54) is 0 Å². The van der Waals surface area contributed by atoms with E-state index >= 15 is 0 Å². The first-order valence-electron chi connectivity index (χ1n) is 9.19. The van der Waals surface area contributed by atoms with Crippen molar-refractivity contribution < 1.29 is 14.6 Å². The number of phenolic OH excluding ortho intramolecular Hbond substituents is 1. The molecule has 0 saturated carbocycles. The van der Waals surface area contributed by atoms with Gasteiger partial charge in [0.2, 0.25) is 5.91 Å². The van der Waals surface area contributed by atoms with Crippen LogP contribution in [0.2, 0.25) is 0 Å². The standard InChI is InChI=1S/C22H27NO3/c1-22(2)10-12-23(13-11-22)21(25)15-18-14-19(24)8-9-20(18)26-16-17-6-4-3-5-7-17/h3-9,14,24H,10-13,15-16H2,1-2H3. The maximum atomic E-state index is 12.7. The molecule has 3 rings (SSSR count). The Hall–Kier alpha value is -2.49. The van der Waals surface area contributed by atoms with Crippen LogP contribution in [0.4, 0.5) is 0 Å². The van der Waals surface area contributed by atoms with Crippen LogP contribution in [0, 0.1) is 5.41 Å². The van der Waals surface area contributed by atoms with Gasteiger partial charge in [-0.2, -0.15) is 0 Å². The second kappa shape index (κ2) is 7.81. The minimum Gasteiger partial charge on any atom is -0.508 e. The molecule has 2 aromatic carbocycles. The fraction of sp³-hybridized carbons (Fsp3) is 0.409. The van der Waals surface area contributed by atoms with Gasteiger partial charge in [-0.25, -0.2) is 0 Å². The van der Waals surface area contributed by atoms with Gasteiger partial charge in [0.25, 0.3) is 0 Å². The molecular formula is C22H27NO3. The minimum absolute atomic E-state index is 0.0932. The normalized spacial score (nSPS) is 16.3. The highest BCUT2D eigenvalue weighted by Gasteiger charge is 2.28. The highest BCUT2D eigenvalue weighted by atomic mass is 16.5. The molecule has 1 saturated heterocycles. The van der Waals surface area contributed by atoms with Gasteiger partial charge in [-0.15, -0.1) is 0 Å². The van der Waals surface area contributed by atoms with Crippen LogP contribution in [0.15, 0.2) is 48.5 Å². The Morgan fingerprint density at radius 2 is 1.81 bits per heavy atom. The van der Waals surface area contributed by atoms with Crippen LogP contribution < -0.4 is 4.74 Å². The molecule has 0 aliphatic carbocycles. The molecule has 4 nitrogen and oxygen atoms in total. The van der Waals surface area contributed by atoms with Gasteiger partial charge >= 0.3 is 0 Å². The highest BCUT2D eigenvalue weighted by molar-refractivity contribution is 5.79. The van der Waals surface area contributed by atoms with E-state index in [4.69, 9.17) is 4.74 Å². The smallest absolute Gasteiger partial charge is 0.227 e. The fourth-order valence-corrected chi connectivity index (χ4v) is 3.22. The van der Waals surface area contributed by atoms with Gasteiger partial charge in [0.15, 0.2) is 0 Å². The summed E-state index contributed by atoms with van der Waals surface area (Å²) in [4.78, 5) is 14.6. The second-order valence-electron chi connectivity index (χ2n) is 7.79. The summed E-state index contributed by atoms with van der Waals surface area (Å²) in [5.74, 6) is 0.896. The number of hydrogen-bond donors (Lipinski definition) is 1. The van der Waals surface area contributed by atoms with E-state index in [1.54, 1.807) is 18.2 Å². The van der Waals surface area contributed by atoms with Crippen LogP contribution in [0.25, 0.3) is 0 Å². The van der Waals surface area contributed by atoms with Crippen LogP contribution in [-0.4, -0.2) is 29.0 Å². The lowest BCUT2D eigenvalue weighted by Crippen LogP contribution is -2.41. The number of rotatable bonds is 5. The van der Waals surface area contributed by atoms with Crippen molar-refractivity contribution in [2.45, 2.75) is 39.7 Å². The van der Waals surface area contributed by atoms with Crippen LogP contribution >= 0.6 is 0 Å². The second-order valence-corrected chi connectivity index (χ2v) is 7.79. The number of carbonyl (C=O) groups is 1. The molecule has 138 valence electrons. The van der Waals surface area contributed by atoms with Crippen molar-refractivity contribution in [3.63, 3.8) is 0 Å². The van der Waals surface area contributed by atoms with Gasteiger partial charge in [-0.05, 0) is 42.0 Å². The molecule has 1 fully saturated rings. The molecule has 0 spiro atoms. The van der Waals surface area contributed by atoms with Gasteiger partial charge in [0.05, 0.1) is 6.42 Å². The van der Waals surface area contributed by atoms with Crippen molar-refractivity contribution in [3.05, 3.63) is 59.7 Å². The Kier molecular flexibility index (Phi) is 5.50. The zero-order valence-electron chi connectivity index (χ0n) is 15.6. The number of likely N-dealkylation sites (tertiary alicyclic amines) is 1. The molecule has 2 aromatic rings. The van der Waals surface area contributed by atoms with Crippen molar-refractivity contribution in [3.8, 4) is 11.5 Å². The fourth-order valence-electron chi connectivity index (χ4n) is 3.22. The number of ether oxygens (including phenoxy) is 1. The van der Waals surface area contributed by atoms with Gasteiger partial charge in [0.1, 0.15) is 18.1 Å². The Bertz CT molecular complexity index is 745. The van der Waals surface area contributed by atoms with Crippen molar-refractivity contribution in [1.82, 2.24) is 4.90 Å². The number of aromatic hydroxyl groups is 1. The van der Waals surface area contributed by atoms with Gasteiger partial charge in [-0.1, -0.05) is 44.2 Å². The predicted octanol–water partition coefficient (Wildman–Crippen LogP) is 4.16. The molecule has 0 radical (unpaired) electrons. The topological polar surface area (TPSA) is 49.8 Å². The Labute approximate surface area is 155 Å². The van der Waals surface area contributed by atoms with Gasteiger partial charge < -0.3 is 14.7 Å². The Morgan fingerprint density at radius 3 is 2.50 bits per heavy atom. The lowest BCUT2D eigenvalue weighted by Gasteiger charge is -2.37. The summed E-state index contributed by atoms with van der Waals surface area (Å²) in [5.41, 5.74) is 2.11. The molecule has 0 unspecified atom stereocenters. The number of carbonyl (C=O) groups excluding carboxylic acids is 1. The van der Waals surface area contributed by atoms with Gasteiger partial charge in [0, 0.05) is 18.7 Å². The number of hydrogen-bond acceptors (Lipinski definition) is 3. The average Bonchev–Trinajstić information content (AvgIpc) is 2.62. The molecule has 1 heterocycles. The summed E-state index contributed by atoms with van der Waals surface area (Å²) >= 11 is 0. The SMILES string of the molecule is CC1(C)CCN(C(=O)Cc2cc(O)ccc2OCc2ccccc2)CC1. The van der Waals surface area contributed by atoms with E-state index in [-0.39, 0.29) is 18.1 Å². The van der Waals surface area contributed by atoms with Crippen LogP contribution in [0.5, 0.6) is 11.5 Å². The molecule has 1 amide bonds. The zero-order valence-corrected chi connectivity index (χ0v) is 15.6. The molecule has 26 heavy (non-hydrogen) atoms. The van der Waals surface area contributed by atoms with Crippen LogP contribution in [0.3, 0.4) is 0 Å². The number of amides is 1. The van der Waals surface area contributed by atoms with E-state index in [0.717, 1.165) is 37.1 Å². The first-order chi connectivity index (χ1) is 12.4. The van der Waals surface area contributed by atoms with E-state index in [1.807, 2.05) is 35.2 Å². The average molecular weight is 353 g/mol. The number of piperidine rings is 1. The summed E-state index contributed by atoms with van der Waals surface area (Å²) < 4.78 is 5.92. The van der Waals surface area contributed by atoms with Crippen molar-refractivity contribution in [2.24, 2.45) is 5.41 Å². The third-order valence-corrected chi connectivity index (χ3v) is 5.09. The van der Waals surface area contributed by atoms with Crippen LogP contribution in [0.1, 0.15) is 37.8 Å². The highest BCUT2D eigenvalue weighted by Crippen LogP contribution is 2.31. The lowest BCUT2D eigenvalue weighted by atomic mass is 9.82. The minimum atomic E-state index is 0.0932. The number of phenols is 1. The summed E-state index contributed by atoms with van der Waals surface area (Å²) in [6.45, 7) is 6.53. The third kappa shape index (κ3) is 4.78.